The van der Waals surface area contributed by atoms with Gasteiger partial charge in [0.1, 0.15) is 5.03 Å². The smallest absolute Gasteiger partial charge is 0.213 e. The van der Waals surface area contributed by atoms with Gasteiger partial charge in [-0.3, -0.25) is 4.98 Å². The van der Waals surface area contributed by atoms with E-state index in [1.54, 1.807) is 24.5 Å². The topological polar surface area (TPSA) is 25.8 Å². The molecule has 2 aromatic rings. The molecule has 2 rings (SSSR count). The summed E-state index contributed by atoms with van der Waals surface area (Å²) in [6, 6.07) is 8.46. The number of halogens is 1. The molecule has 0 aliphatic rings. The van der Waals surface area contributed by atoms with Crippen LogP contribution in [0.25, 0.3) is 0 Å². The second-order valence-corrected chi connectivity index (χ2v) is 3.68. The van der Waals surface area contributed by atoms with E-state index in [0.717, 1.165) is 4.90 Å². The standard InChI is InChI=1S/C10H7FN2S/c11-9-2-1-3-10(13-9)14-8-4-6-12-7-5-8/h1-7H. The minimum absolute atomic E-state index is 0.455. The Kier molecular flexibility index (Phi) is 2.74. The molecule has 0 radical (unpaired) electrons. The maximum atomic E-state index is 12.7. The zero-order valence-corrected chi connectivity index (χ0v) is 8.04. The van der Waals surface area contributed by atoms with Gasteiger partial charge >= 0.3 is 0 Å². The molecule has 0 spiro atoms. The molecule has 0 unspecified atom stereocenters. The lowest BCUT2D eigenvalue weighted by atomic mass is 10.5. The lowest BCUT2D eigenvalue weighted by molar-refractivity contribution is 0.572. The summed E-state index contributed by atoms with van der Waals surface area (Å²) >= 11 is 1.41. The molecule has 14 heavy (non-hydrogen) atoms. The van der Waals surface area contributed by atoms with Gasteiger partial charge in [0, 0.05) is 17.3 Å². The van der Waals surface area contributed by atoms with E-state index < -0.39 is 5.95 Å². The Balaban J connectivity index is 2.19. The normalized spacial score (nSPS) is 10.1. The van der Waals surface area contributed by atoms with Crippen molar-refractivity contribution < 1.29 is 4.39 Å². The first-order valence-electron chi connectivity index (χ1n) is 4.05. The number of pyridine rings is 2. The van der Waals surface area contributed by atoms with Gasteiger partial charge in [0.15, 0.2) is 0 Å². The van der Waals surface area contributed by atoms with Gasteiger partial charge in [-0.15, -0.1) is 0 Å². The Morgan fingerprint density at radius 3 is 2.57 bits per heavy atom. The monoisotopic (exact) mass is 206 g/mol. The summed E-state index contributed by atoms with van der Waals surface area (Å²) in [6.45, 7) is 0. The largest absolute Gasteiger partial charge is 0.265 e. The van der Waals surface area contributed by atoms with Crippen molar-refractivity contribution in [3.8, 4) is 0 Å². The van der Waals surface area contributed by atoms with E-state index in [2.05, 4.69) is 9.97 Å². The molecule has 0 bridgehead atoms. The number of hydrogen-bond donors (Lipinski definition) is 0. The highest BCUT2D eigenvalue weighted by Crippen LogP contribution is 2.24. The van der Waals surface area contributed by atoms with Crippen molar-refractivity contribution in [3.63, 3.8) is 0 Å². The van der Waals surface area contributed by atoms with Crippen molar-refractivity contribution in [2.24, 2.45) is 0 Å². The molecule has 0 amide bonds. The Morgan fingerprint density at radius 2 is 1.86 bits per heavy atom. The van der Waals surface area contributed by atoms with E-state index in [9.17, 15) is 4.39 Å². The molecule has 0 saturated heterocycles. The van der Waals surface area contributed by atoms with Crippen LogP contribution in [0.1, 0.15) is 0 Å². The Morgan fingerprint density at radius 1 is 1.07 bits per heavy atom. The van der Waals surface area contributed by atoms with E-state index in [1.807, 2.05) is 12.1 Å². The molecule has 0 saturated carbocycles. The number of hydrogen-bond acceptors (Lipinski definition) is 3. The van der Waals surface area contributed by atoms with Crippen molar-refractivity contribution in [1.29, 1.82) is 0 Å². The molecule has 2 nitrogen and oxygen atoms in total. The summed E-state index contributed by atoms with van der Waals surface area (Å²) in [4.78, 5) is 8.64. The van der Waals surface area contributed by atoms with Crippen LogP contribution in [0.5, 0.6) is 0 Å². The van der Waals surface area contributed by atoms with Crippen molar-refractivity contribution in [2.45, 2.75) is 9.92 Å². The van der Waals surface area contributed by atoms with Crippen LogP contribution < -0.4 is 0 Å². The zero-order chi connectivity index (χ0) is 9.80. The maximum absolute atomic E-state index is 12.7. The average Bonchev–Trinajstić information content (AvgIpc) is 2.19. The van der Waals surface area contributed by atoms with Crippen LogP contribution in [0.3, 0.4) is 0 Å². The molecule has 2 aromatic heterocycles. The first kappa shape index (κ1) is 9.15. The molecule has 4 heteroatoms. The summed E-state index contributed by atoms with van der Waals surface area (Å²) in [6.07, 6.45) is 3.39. The Bertz CT molecular complexity index is 419. The van der Waals surface area contributed by atoms with Gasteiger partial charge in [-0.1, -0.05) is 17.8 Å². The minimum atomic E-state index is -0.455. The lowest BCUT2D eigenvalue weighted by Crippen LogP contribution is -1.83. The molecule has 0 fully saturated rings. The third-order valence-electron chi connectivity index (χ3n) is 1.56. The summed E-state index contributed by atoms with van der Waals surface area (Å²) < 4.78 is 12.7. The highest BCUT2D eigenvalue weighted by atomic mass is 32.2. The van der Waals surface area contributed by atoms with Gasteiger partial charge in [-0.05, 0) is 24.3 Å². The van der Waals surface area contributed by atoms with E-state index in [0.29, 0.717) is 5.03 Å². The molecule has 0 atom stereocenters. The summed E-state index contributed by atoms with van der Waals surface area (Å²) in [5.41, 5.74) is 0. The first-order valence-corrected chi connectivity index (χ1v) is 4.87. The van der Waals surface area contributed by atoms with E-state index >= 15 is 0 Å². The fourth-order valence-corrected chi connectivity index (χ4v) is 1.75. The van der Waals surface area contributed by atoms with Crippen LogP contribution in [0.2, 0.25) is 0 Å². The summed E-state index contributed by atoms with van der Waals surface area (Å²) in [7, 11) is 0. The second-order valence-electron chi connectivity index (χ2n) is 2.58. The molecule has 2 heterocycles. The predicted octanol–water partition coefficient (Wildman–Crippen LogP) is 2.77. The molecule has 0 aliphatic carbocycles. The minimum Gasteiger partial charge on any atom is -0.265 e. The summed E-state index contributed by atoms with van der Waals surface area (Å²) in [5, 5.41) is 0.649. The zero-order valence-electron chi connectivity index (χ0n) is 7.22. The van der Waals surface area contributed by atoms with Gasteiger partial charge in [0.2, 0.25) is 5.95 Å². The lowest BCUT2D eigenvalue weighted by Gasteiger charge is -1.99. The van der Waals surface area contributed by atoms with Gasteiger partial charge in [0.25, 0.3) is 0 Å². The van der Waals surface area contributed by atoms with Crippen LogP contribution >= 0.6 is 11.8 Å². The van der Waals surface area contributed by atoms with E-state index in [-0.39, 0.29) is 0 Å². The van der Waals surface area contributed by atoms with E-state index in [1.165, 1.54) is 17.8 Å². The van der Waals surface area contributed by atoms with Crippen molar-refractivity contribution >= 4 is 11.8 Å². The molecule has 0 N–H and O–H groups in total. The van der Waals surface area contributed by atoms with Crippen molar-refractivity contribution in [1.82, 2.24) is 9.97 Å². The quantitative estimate of drug-likeness (QED) is 0.706. The fraction of sp³-hybridized carbons (Fsp3) is 0. The average molecular weight is 206 g/mol. The molecular formula is C10H7FN2S. The molecular weight excluding hydrogens is 199 g/mol. The van der Waals surface area contributed by atoms with Gasteiger partial charge in [-0.25, -0.2) is 4.98 Å². The van der Waals surface area contributed by atoms with E-state index in [4.69, 9.17) is 0 Å². The van der Waals surface area contributed by atoms with Gasteiger partial charge in [-0.2, -0.15) is 4.39 Å². The Labute approximate surface area is 85.2 Å². The van der Waals surface area contributed by atoms with Crippen LogP contribution in [-0.4, -0.2) is 9.97 Å². The van der Waals surface area contributed by atoms with Crippen molar-refractivity contribution in [2.75, 3.05) is 0 Å². The molecule has 70 valence electrons. The Hall–Kier alpha value is -1.42. The first-order chi connectivity index (χ1) is 6.84. The number of rotatable bonds is 2. The fourth-order valence-electron chi connectivity index (χ4n) is 0.974. The third kappa shape index (κ3) is 2.29. The maximum Gasteiger partial charge on any atom is 0.213 e. The van der Waals surface area contributed by atoms with Gasteiger partial charge in [0.05, 0.1) is 0 Å². The van der Waals surface area contributed by atoms with Gasteiger partial charge < -0.3 is 0 Å². The molecule has 0 aromatic carbocycles. The third-order valence-corrected chi connectivity index (χ3v) is 2.51. The van der Waals surface area contributed by atoms with Crippen LogP contribution in [0.4, 0.5) is 4.39 Å². The molecule has 0 aliphatic heterocycles. The number of aromatic nitrogens is 2. The highest BCUT2D eigenvalue weighted by Gasteiger charge is 1.98. The van der Waals surface area contributed by atoms with Crippen LogP contribution in [-0.2, 0) is 0 Å². The van der Waals surface area contributed by atoms with Crippen molar-refractivity contribution in [3.05, 3.63) is 48.7 Å². The SMILES string of the molecule is Fc1cccc(Sc2ccncc2)n1. The summed E-state index contributed by atoms with van der Waals surface area (Å²) in [5.74, 6) is -0.455. The number of nitrogens with zero attached hydrogens (tertiary/aromatic N) is 2. The van der Waals surface area contributed by atoms with Crippen LogP contribution in [0.15, 0.2) is 52.6 Å². The highest BCUT2D eigenvalue weighted by molar-refractivity contribution is 7.99. The van der Waals surface area contributed by atoms with Crippen LogP contribution in [0, 0.1) is 5.95 Å². The second kappa shape index (κ2) is 4.19. The predicted molar refractivity (Wildman–Crippen MR) is 52.6 cm³/mol.